The van der Waals surface area contributed by atoms with E-state index >= 15 is 0 Å². The van der Waals surface area contributed by atoms with Crippen LogP contribution in [0.5, 0.6) is 0 Å². The molecule has 6 heteroatoms. The van der Waals surface area contributed by atoms with Gasteiger partial charge < -0.3 is 4.98 Å². The summed E-state index contributed by atoms with van der Waals surface area (Å²) >= 11 is 0. The molecular weight excluding hydrogens is 196 g/mol. The largest absolute Gasteiger partial charge is 0.326 e. The van der Waals surface area contributed by atoms with Gasteiger partial charge in [-0.1, -0.05) is 13.8 Å². The fourth-order valence-electron chi connectivity index (χ4n) is 1.27. The maximum atomic E-state index is 11.3. The number of nitrogens with zero attached hydrogens (tertiary/aromatic N) is 2. The Morgan fingerprint density at radius 2 is 2.00 bits per heavy atom. The predicted molar refractivity (Wildman–Crippen MR) is 58.0 cm³/mol. The monoisotopic (exact) mass is 210 g/mol. The molecule has 0 bridgehead atoms. The molecule has 0 fully saturated rings. The van der Waals surface area contributed by atoms with Crippen LogP contribution in [0.1, 0.15) is 20.8 Å². The maximum Gasteiger partial charge on any atom is 0.326 e. The van der Waals surface area contributed by atoms with Gasteiger partial charge in [0, 0.05) is 6.54 Å². The van der Waals surface area contributed by atoms with E-state index in [-0.39, 0.29) is 0 Å². The van der Waals surface area contributed by atoms with E-state index in [4.69, 9.17) is 0 Å². The van der Waals surface area contributed by atoms with Gasteiger partial charge in [0.05, 0.1) is 11.7 Å². The molecule has 0 atom stereocenters. The minimum absolute atomic E-state index is 0.405. The standard InChI is InChI=1S/C7H8N4O2.C2H6/c1-2-11-5-4(3-8-11)9-7(13)10-6(5)12;1-2/h3H,2H2,1H3,(H2,9,10,12,13);1-2H3. The third-order valence-electron chi connectivity index (χ3n) is 1.83. The lowest BCUT2D eigenvalue weighted by Crippen LogP contribution is -2.23. The average Bonchev–Trinajstić information content (AvgIpc) is 2.63. The molecule has 0 aromatic carbocycles. The summed E-state index contributed by atoms with van der Waals surface area (Å²) in [6.45, 7) is 6.47. The van der Waals surface area contributed by atoms with E-state index in [0.29, 0.717) is 17.6 Å². The Bertz CT molecular complexity index is 549. The number of fused-ring (bicyclic) bond motifs is 1. The summed E-state index contributed by atoms with van der Waals surface area (Å²) in [4.78, 5) is 26.8. The molecule has 82 valence electrons. The zero-order chi connectivity index (χ0) is 11.4. The number of rotatable bonds is 1. The van der Waals surface area contributed by atoms with Crippen LogP contribution in [0.15, 0.2) is 15.8 Å². The third kappa shape index (κ3) is 1.98. The van der Waals surface area contributed by atoms with E-state index < -0.39 is 11.2 Å². The molecule has 0 spiro atoms. The number of aryl methyl sites for hydroxylation is 1. The normalized spacial score (nSPS) is 9.80. The Labute approximate surface area is 85.9 Å². The molecule has 2 aromatic rings. The van der Waals surface area contributed by atoms with E-state index in [1.807, 2.05) is 20.8 Å². The highest BCUT2D eigenvalue weighted by Gasteiger charge is 2.05. The highest BCUT2D eigenvalue weighted by Crippen LogP contribution is 2.01. The molecule has 6 nitrogen and oxygen atoms in total. The van der Waals surface area contributed by atoms with Crippen molar-refractivity contribution in [2.24, 2.45) is 0 Å². The molecule has 0 saturated heterocycles. The Kier molecular flexibility index (Phi) is 3.43. The summed E-state index contributed by atoms with van der Waals surface area (Å²) in [6.07, 6.45) is 1.47. The molecule has 2 aromatic heterocycles. The van der Waals surface area contributed by atoms with Crippen LogP contribution in [0.25, 0.3) is 11.0 Å². The molecule has 2 heterocycles. The van der Waals surface area contributed by atoms with Crippen LogP contribution in [0.2, 0.25) is 0 Å². The zero-order valence-electron chi connectivity index (χ0n) is 9.00. The van der Waals surface area contributed by atoms with Crippen LogP contribution >= 0.6 is 0 Å². The Hall–Kier alpha value is -1.85. The lowest BCUT2D eigenvalue weighted by Gasteiger charge is -1.94. The third-order valence-corrected chi connectivity index (χ3v) is 1.83. The van der Waals surface area contributed by atoms with Gasteiger partial charge in [-0.15, -0.1) is 0 Å². The van der Waals surface area contributed by atoms with Gasteiger partial charge in [-0.05, 0) is 6.92 Å². The number of hydrogen-bond acceptors (Lipinski definition) is 3. The molecule has 0 aliphatic carbocycles. The molecule has 15 heavy (non-hydrogen) atoms. The average molecular weight is 210 g/mol. The van der Waals surface area contributed by atoms with Crippen molar-refractivity contribution in [3.63, 3.8) is 0 Å². The fraction of sp³-hybridized carbons (Fsp3) is 0.444. The van der Waals surface area contributed by atoms with Crippen molar-refractivity contribution in [3.8, 4) is 0 Å². The van der Waals surface area contributed by atoms with Crippen molar-refractivity contribution in [3.05, 3.63) is 27.0 Å². The number of H-pyrrole nitrogens is 2. The number of hydrogen-bond donors (Lipinski definition) is 2. The summed E-state index contributed by atoms with van der Waals surface area (Å²) in [5.74, 6) is 0. The van der Waals surface area contributed by atoms with Crippen molar-refractivity contribution in [2.45, 2.75) is 27.3 Å². The molecule has 0 saturated carbocycles. The van der Waals surface area contributed by atoms with Crippen molar-refractivity contribution in [2.75, 3.05) is 0 Å². The van der Waals surface area contributed by atoms with Gasteiger partial charge >= 0.3 is 5.69 Å². The van der Waals surface area contributed by atoms with Gasteiger partial charge in [-0.25, -0.2) is 4.79 Å². The summed E-state index contributed by atoms with van der Waals surface area (Å²) in [5.41, 5.74) is -0.0380. The van der Waals surface area contributed by atoms with E-state index in [1.54, 1.807) is 0 Å². The van der Waals surface area contributed by atoms with Gasteiger partial charge in [-0.2, -0.15) is 5.10 Å². The highest BCUT2D eigenvalue weighted by molar-refractivity contribution is 5.72. The van der Waals surface area contributed by atoms with Crippen LogP contribution in [0.4, 0.5) is 0 Å². The smallest absolute Gasteiger partial charge is 0.304 e. The van der Waals surface area contributed by atoms with Crippen LogP contribution in [-0.2, 0) is 6.54 Å². The SMILES string of the molecule is CC.CCn1ncc2[nH]c(=O)[nH]c(=O)c21. The second-order valence-corrected chi connectivity index (χ2v) is 2.63. The quantitative estimate of drug-likeness (QED) is 0.717. The Morgan fingerprint density at radius 1 is 1.33 bits per heavy atom. The van der Waals surface area contributed by atoms with E-state index in [1.165, 1.54) is 10.9 Å². The van der Waals surface area contributed by atoms with E-state index in [9.17, 15) is 9.59 Å². The van der Waals surface area contributed by atoms with Crippen molar-refractivity contribution in [1.29, 1.82) is 0 Å². The second kappa shape index (κ2) is 4.59. The predicted octanol–water partition coefficient (Wildman–Crippen LogP) is 0.459. The minimum Gasteiger partial charge on any atom is -0.304 e. The lowest BCUT2D eigenvalue weighted by atomic mass is 10.4. The Morgan fingerprint density at radius 3 is 2.60 bits per heavy atom. The second-order valence-electron chi connectivity index (χ2n) is 2.63. The molecule has 0 amide bonds. The van der Waals surface area contributed by atoms with Crippen molar-refractivity contribution in [1.82, 2.24) is 19.7 Å². The molecule has 2 N–H and O–H groups in total. The van der Waals surface area contributed by atoms with Crippen LogP contribution in [0, 0.1) is 0 Å². The first-order chi connectivity index (χ1) is 7.22. The lowest BCUT2D eigenvalue weighted by molar-refractivity contribution is 0.680. The number of aromatic amines is 2. The Balaban J connectivity index is 0.000000531. The van der Waals surface area contributed by atoms with E-state index in [0.717, 1.165) is 0 Å². The fourth-order valence-corrected chi connectivity index (χ4v) is 1.27. The van der Waals surface area contributed by atoms with Crippen LogP contribution in [0.3, 0.4) is 0 Å². The van der Waals surface area contributed by atoms with Crippen molar-refractivity contribution < 1.29 is 0 Å². The highest BCUT2D eigenvalue weighted by atomic mass is 16.2. The summed E-state index contributed by atoms with van der Waals surface area (Å²) in [5, 5.41) is 3.94. The van der Waals surface area contributed by atoms with Crippen molar-refractivity contribution >= 4 is 11.0 Å². The molecule has 0 unspecified atom stereocenters. The number of nitrogens with one attached hydrogen (secondary N) is 2. The molecule has 0 aliphatic heterocycles. The van der Waals surface area contributed by atoms with E-state index in [2.05, 4.69) is 15.1 Å². The molecule has 0 aliphatic rings. The number of aromatic nitrogens is 4. The summed E-state index contributed by atoms with van der Waals surface area (Å²) in [6, 6.07) is 0. The molecular formula is C9H14N4O2. The van der Waals surface area contributed by atoms with Crippen LogP contribution < -0.4 is 11.2 Å². The van der Waals surface area contributed by atoms with Gasteiger partial charge in [-0.3, -0.25) is 14.5 Å². The minimum atomic E-state index is -0.506. The van der Waals surface area contributed by atoms with Gasteiger partial charge in [0.1, 0.15) is 5.52 Å². The molecule has 0 radical (unpaired) electrons. The first-order valence-electron chi connectivity index (χ1n) is 4.90. The summed E-state index contributed by atoms with van der Waals surface area (Å²) in [7, 11) is 0. The van der Waals surface area contributed by atoms with Gasteiger partial charge in [0.25, 0.3) is 5.56 Å². The first-order valence-corrected chi connectivity index (χ1v) is 4.90. The first kappa shape index (κ1) is 11.2. The summed E-state index contributed by atoms with van der Waals surface area (Å²) < 4.78 is 1.53. The maximum absolute atomic E-state index is 11.3. The molecule has 2 rings (SSSR count). The van der Waals surface area contributed by atoms with Gasteiger partial charge in [0.2, 0.25) is 0 Å². The van der Waals surface area contributed by atoms with Gasteiger partial charge in [0.15, 0.2) is 0 Å². The zero-order valence-corrected chi connectivity index (χ0v) is 9.00. The van der Waals surface area contributed by atoms with Crippen LogP contribution in [-0.4, -0.2) is 19.7 Å². The topological polar surface area (TPSA) is 83.5 Å².